The van der Waals surface area contributed by atoms with Crippen molar-refractivity contribution in [3.05, 3.63) is 36.0 Å². The summed E-state index contributed by atoms with van der Waals surface area (Å²) in [6.45, 7) is 1.80. The van der Waals surface area contributed by atoms with Gasteiger partial charge in [0.15, 0.2) is 0 Å². The van der Waals surface area contributed by atoms with Gasteiger partial charge in [-0.05, 0) is 38.6 Å². The smallest absolute Gasteiger partial charge is 0.351 e. The molecule has 25 heavy (non-hydrogen) atoms. The van der Waals surface area contributed by atoms with Crippen LogP contribution in [0.25, 0.3) is 11.3 Å². The van der Waals surface area contributed by atoms with E-state index in [1.54, 1.807) is 0 Å². The van der Waals surface area contributed by atoms with Gasteiger partial charge in [-0.3, -0.25) is 0 Å². The molecule has 1 aromatic carbocycles. The summed E-state index contributed by atoms with van der Waals surface area (Å²) in [5, 5.41) is 11.0. The maximum atomic E-state index is 12.6. The summed E-state index contributed by atoms with van der Waals surface area (Å²) in [7, 11) is 2.10. The number of piperidine rings is 1. The lowest BCUT2D eigenvalue weighted by Crippen LogP contribution is -2.41. The Labute approximate surface area is 144 Å². The lowest BCUT2D eigenvalue weighted by atomic mass is 10.0. The first-order valence-corrected chi connectivity index (χ1v) is 8.25. The van der Waals surface area contributed by atoms with E-state index in [0.29, 0.717) is 29.8 Å². The molecule has 1 unspecified atom stereocenters. The van der Waals surface area contributed by atoms with E-state index in [-0.39, 0.29) is 0 Å². The Balaban J connectivity index is 1.68. The summed E-state index contributed by atoms with van der Waals surface area (Å²) < 4.78 is 37.9. The van der Waals surface area contributed by atoms with Gasteiger partial charge in [0.05, 0.1) is 17.5 Å². The average molecular weight is 351 g/mol. The van der Waals surface area contributed by atoms with Gasteiger partial charge in [0.1, 0.15) is 0 Å². The second kappa shape index (κ2) is 7.35. The predicted octanol–water partition coefficient (Wildman–Crippen LogP) is 3.45. The van der Waals surface area contributed by atoms with Crippen LogP contribution in [0.4, 0.5) is 19.1 Å². The second-order valence-electron chi connectivity index (χ2n) is 6.25. The number of likely N-dealkylation sites (tertiary alicyclic amines) is 1. The van der Waals surface area contributed by atoms with Crippen molar-refractivity contribution in [3.8, 4) is 11.3 Å². The number of rotatable bonds is 4. The Hall–Kier alpha value is -2.22. The number of benzene rings is 1. The minimum atomic E-state index is -4.35. The van der Waals surface area contributed by atoms with E-state index in [2.05, 4.69) is 32.4 Å². The fourth-order valence-electron chi connectivity index (χ4n) is 2.96. The number of hydrogen-bond acceptors (Lipinski definition) is 5. The molecule has 1 aliphatic rings. The maximum absolute atomic E-state index is 12.6. The molecule has 3 rings (SSSR count). The molecule has 134 valence electrons. The molecule has 2 aromatic rings. The number of nitrogens with zero attached hydrogens (tertiary/aromatic N) is 4. The molecule has 1 saturated heterocycles. The molecule has 2 heterocycles. The van der Waals surface area contributed by atoms with Crippen LogP contribution in [0.3, 0.4) is 0 Å². The first-order chi connectivity index (χ1) is 11.9. The van der Waals surface area contributed by atoms with Gasteiger partial charge < -0.3 is 10.2 Å². The number of halogens is 3. The average Bonchev–Trinajstić information content (AvgIpc) is 2.61. The molecule has 1 atom stereocenters. The van der Waals surface area contributed by atoms with Gasteiger partial charge in [0.2, 0.25) is 5.95 Å². The summed E-state index contributed by atoms with van der Waals surface area (Å²) in [5.41, 5.74) is 0.376. The molecular weight excluding hydrogens is 331 g/mol. The fraction of sp³-hybridized carbons (Fsp3) is 0.471. The summed E-state index contributed by atoms with van der Waals surface area (Å²) >= 11 is 0. The molecule has 1 N–H and O–H groups in total. The minimum Gasteiger partial charge on any atom is -0.351 e. The third kappa shape index (κ3) is 4.45. The van der Waals surface area contributed by atoms with Crippen molar-refractivity contribution in [2.45, 2.75) is 31.5 Å². The molecule has 0 bridgehead atoms. The van der Waals surface area contributed by atoms with Crippen molar-refractivity contribution in [1.29, 1.82) is 0 Å². The van der Waals surface area contributed by atoms with E-state index < -0.39 is 11.7 Å². The number of hydrogen-bond donors (Lipinski definition) is 1. The summed E-state index contributed by atoms with van der Waals surface area (Å²) in [6, 6.07) is 5.30. The summed E-state index contributed by atoms with van der Waals surface area (Å²) in [6.07, 6.45) is 0.646. The molecule has 1 aromatic heterocycles. The fourth-order valence-corrected chi connectivity index (χ4v) is 2.96. The molecule has 5 nitrogen and oxygen atoms in total. The zero-order valence-electron chi connectivity index (χ0n) is 13.9. The monoisotopic (exact) mass is 351 g/mol. The van der Waals surface area contributed by atoms with Crippen molar-refractivity contribution in [2.24, 2.45) is 0 Å². The number of nitrogens with one attached hydrogen (secondary N) is 1. The van der Waals surface area contributed by atoms with Gasteiger partial charge in [-0.25, -0.2) is 4.98 Å². The molecule has 0 aliphatic carbocycles. The highest BCUT2D eigenvalue weighted by Crippen LogP contribution is 2.30. The Morgan fingerprint density at radius 2 is 1.96 bits per heavy atom. The molecule has 1 fully saturated rings. The van der Waals surface area contributed by atoms with Crippen molar-refractivity contribution in [1.82, 2.24) is 20.1 Å². The van der Waals surface area contributed by atoms with Crippen molar-refractivity contribution in [2.75, 3.05) is 25.5 Å². The summed E-state index contributed by atoms with van der Waals surface area (Å²) in [5.74, 6) is 0.386. The molecule has 0 saturated carbocycles. The zero-order chi connectivity index (χ0) is 17.9. The number of alkyl halides is 3. The van der Waals surface area contributed by atoms with Gasteiger partial charge in [0.25, 0.3) is 0 Å². The van der Waals surface area contributed by atoms with E-state index in [4.69, 9.17) is 0 Å². The Morgan fingerprint density at radius 3 is 2.64 bits per heavy atom. The Morgan fingerprint density at radius 1 is 1.20 bits per heavy atom. The SMILES string of the molecule is CN1CCCCC1CNc1nncc(-c2ccc(C(F)(F)F)cc2)n1. The molecule has 8 heteroatoms. The van der Waals surface area contributed by atoms with Crippen LogP contribution in [0.15, 0.2) is 30.5 Å². The van der Waals surface area contributed by atoms with Crippen LogP contribution < -0.4 is 5.32 Å². The maximum Gasteiger partial charge on any atom is 0.416 e. The highest BCUT2D eigenvalue weighted by atomic mass is 19.4. The van der Waals surface area contributed by atoms with Crippen molar-refractivity contribution >= 4 is 5.95 Å². The standard InChI is InChI=1S/C17H20F3N5/c1-25-9-3-2-4-14(25)10-21-16-23-15(11-22-24-16)12-5-7-13(8-6-12)17(18,19)20/h5-8,11,14H,2-4,9-10H2,1H3,(H,21,23,24). The number of anilines is 1. The van der Waals surface area contributed by atoms with E-state index in [9.17, 15) is 13.2 Å². The van der Waals surface area contributed by atoms with Gasteiger partial charge in [-0.15, -0.1) is 5.10 Å². The lowest BCUT2D eigenvalue weighted by Gasteiger charge is -2.32. The van der Waals surface area contributed by atoms with E-state index >= 15 is 0 Å². The minimum absolute atomic E-state index is 0.386. The third-order valence-corrected chi connectivity index (χ3v) is 4.48. The quantitative estimate of drug-likeness (QED) is 0.914. The van der Waals surface area contributed by atoms with Gasteiger partial charge in [-0.2, -0.15) is 18.3 Å². The van der Waals surface area contributed by atoms with Gasteiger partial charge >= 0.3 is 6.18 Å². The summed E-state index contributed by atoms with van der Waals surface area (Å²) in [4.78, 5) is 6.67. The van der Waals surface area contributed by atoms with Crippen LogP contribution in [0.5, 0.6) is 0 Å². The Kier molecular flexibility index (Phi) is 5.17. The molecular formula is C17H20F3N5. The topological polar surface area (TPSA) is 53.9 Å². The van der Waals surface area contributed by atoms with Crippen LogP contribution in [-0.4, -0.2) is 46.3 Å². The highest BCUT2D eigenvalue weighted by Gasteiger charge is 2.30. The van der Waals surface area contributed by atoms with Crippen LogP contribution >= 0.6 is 0 Å². The van der Waals surface area contributed by atoms with Crippen LogP contribution in [0.2, 0.25) is 0 Å². The number of aromatic nitrogens is 3. The Bertz CT molecular complexity index is 702. The first-order valence-electron chi connectivity index (χ1n) is 8.25. The third-order valence-electron chi connectivity index (χ3n) is 4.48. The molecule has 0 radical (unpaired) electrons. The highest BCUT2D eigenvalue weighted by molar-refractivity contribution is 5.59. The molecule has 1 aliphatic heterocycles. The van der Waals surface area contributed by atoms with Gasteiger partial charge in [-0.1, -0.05) is 18.6 Å². The second-order valence-corrected chi connectivity index (χ2v) is 6.25. The largest absolute Gasteiger partial charge is 0.416 e. The number of likely N-dealkylation sites (N-methyl/N-ethyl adjacent to an activating group) is 1. The van der Waals surface area contributed by atoms with Crippen LogP contribution in [0, 0.1) is 0 Å². The first kappa shape index (κ1) is 17.6. The van der Waals surface area contributed by atoms with E-state index in [1.807, 2.05) is 0 Å². The zero-order valence-corrected chi connectivity index (χ0v) is 13.9. The van der Waals surface area contributed by atoms with Crippen molar-refractivity contribution in [3.63, 3.8) is 0 Å². The van der Waals surface area contributed by atoms with Crippen LogP contribution in [-0.2, 0) is 6.18 Å². The normalized spacial score (nSPS) is 19.0. The molecule has 0 amide bonds. The van der Waals surface area contributed by atoms with E-state index in [1.165, 1.54) is 31.2 Å². The van der Waals surface area contributed by atoms with Gasteiger partial charge in [0, 0.05) is 18.2 Å². The van der Waals surface area contributed by atoms with Crippen molar-refractivity contribution < 1.29 is 13.2 Å². The predicted molar refractivity (Wildman–Crippen MR) is 89.0 cm³/mol. The van der Waals surface area contributed by atoms with Crippen LogP contribution in [0.1, 0.15) is 24.8 Å². The van der Waals surface area contributed by atoms with E-state index in [0.717, 1.165) is 25.1 Å². The lowest BCUT2D eigenvalue weighted by molar-refractivity contribution is -0.137. The molecule has 0 spiro atoms.